The van der Waals surface area contributed by atoms with Gasteiger partial charge in [0.05, 0.1) is 0 Å². The molecule has 2 aromatic rings. The first kappa shape index (κ1) is 20.5. The molecule has 0 spiro atoms. The summed E-state index contributed by atoms with van der Waals surface area (Å²) in [6, 6.07) is 13.9. The van der Waals surface area contributed by atoms with Gasteiger partial charge >= 0.3 is 0 Å². The smallest absolute Gasteiger partial charge is 0.255 e. The molecule has 1 unspecified atom stereocenters. The maximum atomic E-state index is 12.2. The molecule has 152 valence electrons. The van der Waals surface area contributed by atoms with Crippen LogP contribution in [0.2, 0.25) is 0 Å². The molecule has 7 nitrogen and oxygen atoms in total. The molecular weight excluding hydrogens is 370 g/mol. The molecule has 2 aromatic carbocycles. The van der Waals surface area contributed by atoms with Crippen LogP contribution in [0.15, 0.2) is 48.5 Å². The van der Waals surface area contributed by atoms with Crippen molar-refractivity contribution >= 4 is 23.4 Å². The van der Waals surface area contributed by atoms with E-state index in [1.807, 2.05) is 19.1 Å². The zero-order chi connectivity index (χ0) is 20.6. The van der Waals surface area contributed by atoms with Crippen molar-refractivity contribution in [1.82, 2.24) is 10.6 Å². The fraction of sp³-hybridized carbons (Fsp3) is 0.318. The number of rotatable bonds is 7. The van der Waals surface area contributed by atoms with Gasteiger partial charge in [-0.3, -0.25) is 14.4 Å². The van der Waals surface area contributed by atoms with Gasteiger partial charge in [0, 0.05) is 36.5 Å². The Balaban J connectivity index is 1.42. The first-order valence-corrected chi connectivity index (χ1v) is 9.68. The molecule has 1 atom stereocenters. The minimum atomic E-state index is -0.367. The zero-order valence-electron chi connectivity index (χ0n) is 16.4. The lowest BCUT2D eigenvalue weighted by molar-refractivity contribution is -0.129. The Labute approximate surface area is 169 Å². The van der Waals surface area contributed by atoms with Gasteiger partial charge in [-0.15, -0.1) is 0 Å². The van der Waals surface area contributed by atoms with E-state index in [0.717, 1.165) is 18.4 Å². The molecule has 0 aliphatic carbocycles. The fourth-order valence-electron chi connectivity index (χ4n) is 2.98. The lowest BCUT2D eigenvalue weighted by atomic mass is 10.1. The van der Waals surface area contributed by atoms with Crippen LogP contribution in [-0.2, 0) is 9.53 Å². The number of amides is 3. The Kier molecular flexibility index (Phi) is 6.97. The van der Waals surface area contributed by atoms with Crippen molar-refractivity contribution in [2.75, 3.05) is 25.0 Å². The predicted octanol–water partition coefficient (Wildman–Crippen LogP) is 2.27. The average molecular weight is 395 g/mol. The van der Waals surface area contributed by atoms with Crippen molar-refractivity contribution in [3.8, 4) is 0 Å². The fourth-order valence-corrected chi connectivity index (χ4v) is 2.98. The Morgan fingerprint density at radius 1 is 0.897 bits per heavy atom. The van der Waals surface area contributed by atoms with Crippen LogP contribution in [0.4, 0.5) is 5.69 Å². The van der Waals surface area contributed by atoms with E-state index in [2.05, 4.69) is 16.0 Å². The SMILES string of the molecule is Cc1ccc(C(=O)Nc2ccc(C(=O)NCCNC(=O)C3CCCO3)cc2)cc1. The summed E-state index contributed by atoms with van der Waals surface area (Å²) in [5.41, 5.74) is 2.74. The number of benzene rings is 2. The summed E-state index contributed by atoms with van der Waals surface area (Å²) in [6.45, 7) is 3.25. The molecule has 1 aliphatic rings. The van der Waals surface area contributed by atoms with Crippen LogP contribution in [0, 0.1) is 6.92 Å². The molecule has 3 N–H and O–H groups in total. The maximum Gasteiger partial charge on any atom is 0.255 e. The average Bonchev–Trinajstić information content (AvgIpc) is 3.27. The van der Waals surface area contributed by atoms with E-state index in [1.165, 1.54) is 0 Å². The summed E-state index contributed by atoms with van der Waals surface area (Å²) in [7, 11) is 0. The Morgan fingerprint density at radius 2 is 1.52 bits per heavy atom. The highest BCUT2D eigenvalue weighted by Crippen LogP contribution is 2.13. The summed E-state index contributed by atoms with van der Waals surface area (Å²) in [4.78, 5) is 36.3. The number of carbonyl (C=O) groups excluding carboxylic acids is 3. The number of carbonyl (C=O) groups is 3. The first-order chi connectivity index (χ1) is 14.0. The second kappa shape index (κ2) is 9.84. The number of aryl methyl sites for hydroxylation is 1. The standard InChI is InChI=1S/C22H25N3O4/c1-15-4-6-17(7-5-15)21(27)25-18-10-8-16(9-11-18)20(26)23-12-13-24-22(28)19-3-2-14-29-19/h4-11,19H,2-3,12-14H2,1H3,(H,23,26)(H,24,28)(H,25,27). The van der Waals surface area contributed by atoms with Crippen molar-refractivity contribution in [2.45, 2.75) is 25.9 Å². The van der Waals surface area contributed by atoms with Gasteiger partial charge in [0.2, 0.25) is 5.91 Å². The van der Waals surface area contributed by atoms with E-state index >= 15 is 0 Å². The normalized spacial score (nSPS) is 15.6. The molecular formula is C22H25N3O4. The molecule has 0 bridgehead atoms. The van der Waals surface area contributed by atoms with Gasteiger partial charge in [-0.2, -0.15) is 0 Å². The first-order valence-electron chi connectivity index (χ1n) is 9.68. The number of nitrogens with one attached hydrogen (secondary N) is 3. The Bertz CT molecular complexity index is 857. The molecule has 0 saturated carbocycles. The summed E-state index contributed by atoms with van der Waals surface area (Å²) < 4.78 is 5.30. The van der Waals surface area contributed by atoms with E-state index in [1.54, 1.807) is 36.4 Å². The topological polar surface area (TPSA) is 96.5 Å². The number of ether oxygens (including phenoxy) is 1. The van der Waals surface area contributed by atoms with Crippen LogP contribution in [0.5, 0.6) is 0 Å². The van der Waals surface area contributed by atoms with E-state index in [0.29, 0.717) is 36.5 Å². The third kappa shape index (κ3) is 5.89. The largest absolute Gasteiger partial charge is 0.368 e. The highest BCUT2D eigenvalue weighted by Gasteiger charge is 2.22. The van der Waals surface area contributed by atoms with Crippen molar-refractivity contribution < 1.29 is 19.1 Å². The van der Waals surface area contributed by atoms with Crippen molar-refractivity contribution in [3.05, 3.63) is 65.2 Å². The van der Waals surface area contributed by atoms with Crippen LogP contribution in [0.1, 0.15) is 39.1 Å². The van der Waals surface area contributed by atoms with E-state index in [9.17, 15) is 14.4 Å². The quantitative estimate of drug-likeness (QED) is 0.627. The van der Waals surface area contributed by atoms with E-state index < -0.39 is 0 Å². The lowest BCUT2D eigenvalue weighted by Gasteiger charge is -2.11. The highest BCUT2D eigenvalue weighted by molar-refractivity contribution is 6.04. The van der Waals surface area contributed by atoms with Gasteiger partial charge in [-0.25, -0.2) is 0 Å². The van der Waals surface area contributed by atoms with Crippen molar-refractivity contribution in [2.24, 2.45) is 0 Å². The number of hydrogen-bond donors (Lipinski definition) is 3. The lowest BCUT2D eigenvalue weighted by Crippen LogP contribution is -2.39. The molecule has 29 heavy (non-hydrogen) atoms. The van der Waals surface area contributed by atoms with Crippen LogP contribution in [-0.4, -0.2) is 43.5 Å². The predicted molar refractivity (Wildman–Crippen MR) is 110 cm³/mol. The maximum absolute atomic E-state index is 12.2. The van der Waals surface area contributed by atoms with Gasteiger partial charge in [-0.1, -0.05) is 17.7 Å². The van der Waals surface area contributed by atoms with Gasteiger partial charge < -0.3 is 20.7 Å². The van der Waals surface area contributed by atoms with Gasteiger partial charge in [0.15, 0.2) is 0 Å². The van der Waals surface area contributed by atoms with Crippen LogP contribution in [0.25, 0.3) is 0 Å². The molecule has 7 heteroatoms. The number of hydrogen-bond acceptors (Lipinski definition) is 4. The summed E-state index contributed by atoms with van der Waals surface area (Å²) >= 11 is 0. The van der Waals surface area contributed by atoms with Gasteiger partial charge in [0.25, 0.3) is 11.8 Å². The second-order valence-electron chi connectivity index (χ2n) is 6.95. The van der Waals surface area contributed by atoms with Crippen molar-refractivity contribution in [3.63, 3.8) is 0 Å². The summed E-state index contributed by atoms with van der Waals surface area (Å²) in [6.07, 6.45) is 1.27. The molecule has 1 fully saturated rings. The third-order valence-electron chi connectivity index (χ3n) is 4.65. The number of anilines is 1. The van der Waals surface area contributed by atoms with Gasteiger partial charge in [0.1, 0.15) is 6.10 Å². The van der Waals surface area contributed by atoms with Crippen molar-refractivity contribution in [1.29, 1.82) is 0 Å². The minimum absolute atomic E-state index is 0.134. The monoisotopic (exact) mass is 395 g/mol. The minimum Gasteiger partial charge on any atom is -0.368 e. The Morgan fingerprint density at radius 3 is 2.17 bits per heavy atom. The van der Waals surface area contributed by atoms with Crippen LogP contribution >= 0.6 is 0 Å². The third-order valence-corrected chi connectivity index (χ3v) is 4.65. The molecule has 0 radical (unpaired) electrons. The molecule has 1 aliphatic heterocycles. The molecule has 3 amide bonds. The Hall–Kier alpha value is -3.19. The van der Waals surface area contributed by atoms with Gasteiger partial charge in [-0.05, 0) is 56.2 Å². The molecule has 3 rings (SSSR count). The molecule has 1 saturated heterocycles. The summed E-state index contributed by atoms with van der Waals surface area (Å²) in [5.74, 6) is -0.581. The van der Waals surface area contributed by atoms with E-state index in [-0.39, 0.29) is 23.8 Å². The van der Waals surface area contributed by atoms with Crippen LogP contribution < -0.4 is 16.0 Å². The zero-order valence-corrected chi connectivity index (χ0v) is 16.4. The van der Waals surface area contributed by atoms with Crippen LogP contribution in [0.3, 0.4) is 0 Å². The van der Waals surface area contributed by atoms with E-state index in [4.69, 9.17) is 4.74 Å². The molecule has 0 aromatic heterocycles. The second-order valence-corrected chi connectivity index (χ2v) is 6.95. The molecule has 1 heterocycles. The highest BCUT2D eigenvalue weighted by atomic mass is 16.5. The summed E-state index contributed by atoms with van der Waals surface area (Å²) in [5, 5.41) is 8.31.